The predicted molar refractivity (Wildman–Crippen MR) is 66.0 cm³/mol. The van der Waals surface area contributed by atoms with Crippen molar-refractivity contribution in [2.24, 2.45) is 0 Å². The zero-order valence-corrected chi connectivity index (χ0v) is 11.5. The summed E-state index contributed by atoms with van der Waals surface area (Å²) in [7, 11) is 0. The van der Waals surface area contributed by atoms with Crippen LogP contribution in [0.3, 0.4) is 0 Å². The zero-order valence-electron chi connectivity index (χ0n) is 11.5. The zero-order chi connectivity index (χ0) is 11.8. The monoisotopic (exact) mass is 198 g/mol. The molecule has 0 aromatic rings. The lowest BCUT2D eigenvalue weighted by Crippen LogP contribution is -2.43. The maximum absolute atomic E-state index is 6.17. The lowest BCUT2D eigenvalue weighted by molar-refractivity contribution is 0.112. The summed E-state index contributed by atoms with van der Waals surface area (Å²) >= 11 is 0. The van der Waals surface area contributed by atoms with E-state index in [0.717, 1.165) is 0 Å². The van der Waals surface area contributed by atoms with Crippen LogP contribution in [-0.2, 0) is 4.65 Å². The van der Waals surface area contributed by atoms with Crippen LogP contribution >= 0.6 is 0 Å². The predicted octanol–water partition coefficient (Wildman–Crippen LogP) is 4.39. The van der Waals surface area contributed by atoms with E-state index >= 15 is 0 Å². The summed E-state index contributed by atoms with van der Waals surface area (Å²) in [6, 6.07) is 0. The Hall–Kier alpha value is 0.0249. The second kappa shape index (κ2) is 3.88. The highest BCUT2D eigenvalue weighted by Gasteiger charge is 2.43. The van der Waals surface area contributed by atoms with Crippen molar-refractivity contribution in [2.75, 3.05) is 0 Å². The summed E-state index contributed by atoms with van der Waals surface area (Å²) in [6.07, 6.45) is 0. The van der Waals surface area contributed by atoms with E-state index in [1.807, 2.05) is 0 Å². The van der Waals surface area contributed by atoms with E-state index in [9.17, 15) is 0 Å². The Balaban J connectivity index is 4.78. The first-order valence-electron chi connectivity index (χ1n) is 5.52. The van der Waals surface area contributed by atoms with E-state index in [0.29, 0.717) is 0 Å². The molecule has 14 heavy (non-hydrogen) atoms. The summed E-state index contributed by atoms with van der Waals surface area (Å²) in [4.78, 5) is 0. The van der Waals surface area contributed by atoms with Crippen molar-refractivity contribution in [2.45, 2.75) is 78.5 Å². The number of hydrogen-bond donors (Lipinski definition) is 0. The average Bonchev–Trinajstić information content (AvgIpc) is 1.75. The largest absolute Gasteiger partial charge is 0.430 e. The first-order chi connectivity index (χ1) is 5.84. The van der Waals surface area contributed by atoms with Crippen molar-refractivity contribution >= 4 is 6.92 Å². The van der Waals surface area contributed by atoms with Crippen molar-refractivity contribution in [3.8, 4) is 0 Å². The van der Waals surface area contributed by atoms with E-state index in [1.54, 1.807) is 0 Å². The van der Waals surface area contributed by atoms with Crippen molar-refractivity contribution in [3.05, 3.63) is 0 Å². The van der Waals surface area contributed by atoms with Crippen LogP contribution < -0.4 is 0 Å². The topological polar surface area (TPSA) is 9.23 Å². The van der Waals surface area contributed by atoms with Crippen molar-refractivity contribution in [3.63, 3.8) is 0 Å². The molecule has 0 rings (SSSR count). The van der Waals surface area contributed by atoms with Gasteiger partial charge in [0, 0.05) is 5.60 Å². The molecule has 0 spiro atoms. The Morgan fingerprint density at radius 3 is 1.00 bits per heavy atom. The molecule has 1 nitrogen and oxygen atoms in total. The average molecular weight is 198 g/mol. The second-order valence-corrected chi connectivity index (χ2v) is 7.34. The number of hydrogen-bond acceptors (Lipinski definition) is 1. The van der Waals surface area contributed by atoms with E-state index < -0.39 is 0 Å². The standard InChI is InChI=1S/C12H27BO/c1-10(2,3)13(11(4,5)6)14-12(7,8)9/h1-9H3. The Bertz CT molecular complexity index is 164. The highest BCUT2D eigenvalue weighted by atomic mass is 16.5. The Kier molecular flexibility index (Phi) is 3.89. The molecule has 0 saturated heterocycles. The lowest BCUT2D eigenvalue weighted by atomic mass is 9.35. The van der Waals surface area contributed by atoms with Gasteiger partial charge >= 0.3 is 6.92 Å². The third-order valence-electron chi connectivity index (χ3n) is 2.04. The van der Waals surface area contributed by atoms with Crippen molar-refractivity contribution in [1.82, 2.24) is 0 Å². The summed E-state index contributed by atoms with van der Waals surface area (Å²) in [5.74, 6) is 0. The first kappa shape index (κ1) is 14.0. The van der Waals surface area contributed by atoms with Crippen molar-refractivity contribution < 1.29 is 4.65 Å². The van der Waals surface area contributed by atoms with Gasteiger partial charge in [0.05, 0.1) is 0 Å². The van der Waals surface area contributed by atoms with Gasteiger partial charge in [-0.3, -0.25) is 0 Å². The van der Waals surface area contributed by atoms with E-state index in [-0.39, 0.29) is 23.1 Å². The molecule has 0 aromatic carbocycles. The molecule has 0 bridgehead atoms. The summed E-state index contributed by atoms with van der Waals surface area (Å²) in [6.45, 7) is 20.1. The molecule has 2 heteroatoms. The highest BCUT2D eigenvalue weighted by Crippen LogP contribution is 2.43. The van der Waals surface area contributed by atoms with Crippen LogP contribution in [0.4, 0.5) is 0 Å². The summed E-state index contributed by atoms with van der Waals surface area (Å²) in [5, 5.41) is 0.372. The van der Waals surface area contributed by atoms with E-state index in [2.05, 4.69) is 62.3 Å². The quantitative estimate of drug-likeness (QED) is 0.567. The SMILES string of the molecule is CC(C)(C)OB(C(C)(C)C)C(C)(C)C. The maximum atomic E-state index is 6.17. The molecular weight excluding hydrogens is 171 g/mol. The van der Waals surface area contributed by atoms with Crippen LogP contribution in [0.15, 0.2) is 0 Å². The molecule has 84 valence electrons. The fraction of sp³-hybridized carbons (Fsp3) is 1.00. The lowest BCUT2D eigenvalue weighted by Gasteiger charge is -2.41. The number of rotatable bonds is 1. The van der Waals surface area contributed by atoms with Gasteiger partial charge in [-0.05, 0) is 31.4 Å². The molecule has 0 fully saturated rings. The van der Waals surface area contributed by atoms with Gasteiger partial charge in [0.2, 0.25) is 0 Å². The fourth-order valence-electron chi connectivity index (χ4n) is 2.01. The molecule has 0 aromatic heterocycles. The molecule has 0 heterocycles. The minimum atomic E-state index is -0.0643. The summed E-state index contributed by atoms with van der Waals surface area (Å²) < 4.78 is 6.17. The van der Waals surface area contributed by atoms with Gasteiger partial charge < -0.3 is 4.65 Å². The molecule has 0 aliphatic heterocycles. The smallest absolute Gasteiger partial charge is 0.304 e. The maximum Gasteiger partial charge on any atom is 0.304 e. The van der Waals surface area contributed by atoms with Crippen LogP contribution in [0, 0.1) is 0 Å². The van der Waals surface area contributed by atoms with Gasteiger partial charge in [-0.25, -0.2) is 0 Å². The van der Waals surface area contributed by atoms with Gasteiger partial charge in [-0.2, -0.15) is 0 Å². The van der Waals surface area contributed by atoms with Gasteiger partial charge in [-0.15, -0.1) is 0 Å². The van der Waals surface area contributed by atoms with E-state index in [1.165, 1.54) is 0 Å². The van der Waals surface area contributed by atoms with Gasteiger partial charge in [0.25, 0.3) is 0 Å². The van der Waals surface area contributed by atoms with Gasteiger partial charge in [0.15, 0.2) is 0 Å². The third kappa shape index (κ3) is 5.04. The van der Waals surface area contributed by atoms with Gasteiger partial charge in [-0.1, -0.05) is 41.5 Å². The van der Waals surface area contributed by atoms with E-state index in [4.69, 9.17) is 4.65 Å². The highest BCUT2D eigenvalue weighted by molar-refractivity contribution is 6.58. The van der Waals surface area contributed by atoms with Crippen LogP contribution in [0.1, 0.15) is 62.3 Å². The Morgan fingerprint density at radius 2 is 0.929 bits per heavy atom. The molecule has 0 amide bonds. The molecule has 0 atom stereocenters. The van der Waals surface area contributed by atoms with Crippen molar-refractivity contribution in [1.29, 1.82) is 0 Å². The molecule has 0 N–H and O–H groups in total. The van der Waals surface area contributed by atoms with Gasteiger partial charge in [0.1, 0.15) is 0 Å². The first-order valence-corrected chi connectivity index (χ1v) is 5.52. The Morgan fingerprint density at radius 1 is 0.643 bits per heavy atom. The summed E-state index contributed by atoms with van der Waals surface area (Å²) in [5.41, 5.74) is -0.0643. The minimum absolute atomic E-state index is 0.0643. The molecule has 0 radical (unpaired) electrons. The molecule has 0 aliphatic rings. The molecule has 0 unspecified atom stereocenters. The molecular formula is C12H27BO. The molecule has 0 saturated carbocycles. The fourth-order valence-corrected chi connectivity index (χ4v) is 2.01. The normalized spacial score (nSPS) is 14.4. The van der Waals surface area contributed by atoms with Crippen LogP contribution in [0.2, 0.25) is 10.6 Å². The van der Waals surface area contributed by atoms with Crippen LogP contribution in [-0.4, -0.2) is 12.5 Å². The Labute approximate surface area is 90.7 Å². The van der Waals surface area contributed by atoms with Crippen LogP contribution in [0.25, 0.3) is 0 Å². The molecule has 0 aliphatic carbocycles. The minimum Gasteiger partial charge on any atom is -0.430 e. The third-order valence-corrected chi connectivity index (χ3v) is 2.04. The second-order valence-electron chi connectivity index (χ2n) is 7.34. The van der Waals surface area contributed by atoms with Crippen LogP contribution in [0.5, 0.6) is 0 Å².